The number of carboxylic acids is 1. The van der Waals surface area contributed by atoms with Crippen LogP contribution >= 0.6 is 0 Å². The highest BCUT2D eigenvalue weighted by Crippen LogP contribution is 2.06. The monoisotopic (exact) mass is 213 g/mol. The summed E-state index contributed by atoms with van der Waals surface area (Å²) in [6.07, 6.45) is 3.51. The molecular weight excluding hydrogens is 190 g/mol. The van der Waals surface area contributed by atoms with E-state index in [4.69, 9.17) is 5.11 Å². The summed E-state index contributed by atoms with van der Waals surface area (Å²) in [5.41, 5.74) is 0.278. The van der Waals surface area contributed by atoms with Crippen LogP contribution in [0, 0.1) is 0 Å². The largest absolute Gasteiger partial charge is 0.478 e. The minimum absolute atomic E-state index is 0.278. The predicted octanol–water partition coefficient (Wildman–Crippen LogP) is 2.53. The van der Waals surface area contributed by atoms with Crippen LogP contribution in [0.15, 0.2) is 12.2 Å². The molecule has 0 aliphatic heterocycles. The van der Waals surface area contributed by atoms with Crippen molar-refractivity contribution in [2.45, 2.75) is 46.1 Å². The molecule has 0 spiro atoms. The van der Waals surface area contributed by atoms with E-state index < -0.39 is 5.97 Å². The van der Waals surface area contributed by atoms with Gasteiger partial charge in [-0.1, -0.05) is 26.3 Å². The molecule has 3 nitrogen and oxygen atoms in total. The van der Waals surface area contributed by atoms with Crippen LogP contribution in [0.5, 0.6) is 0 Å². The van der Waals surface area contributed by atoms with Gasteiger partial charge in [-0.15, -0.1) is 0 Å². The zero-order valence-electron chi connectivity index (χ0n) is 10.1. The first-order valence-corrected chi connectivity index (χ1v) is 5.64. The Kier molecular flexibility index (Phi) is 7.05. The van der Waals surface area contributed by atoms with Gasteiger partial charge in [0.15, 0.2) is 0 Å². The van der Waals surface area contributed by atoms with Crippen molar-refractivity contribution in [2.24, 2.45) is 0 Å². The van der Waals surface area contributed by atoms with E-state index >= 15 is 0 Å². The molecular formula is C12H23NO2. The first-order valence-electron chi connectivity index (χ1n) is 5.64. The molecule has 0 saturated carbocycles. The minimum Gasteiger partial charge on any atom is -0.478 e. The van der Waals surface area contributed by atoms with Gasteiger partial charge in [-0.2, -0.15) is 0 Å². The lowest BCUT2D eigenvalue weighted by atomic mass is 10.2. The van der Waals surface area contributed by atoms with E-state index in [2.05, 4.69) is 32.3 Å². The Labute approximate surface area is 92.8 Å². The molecule has 0 amide bonds. The third-order valence-corrected chi connectivity index (χ3v) is 2.48. The van der Waals surface area contributed by atoms with E-state index in [0.717, 1.165) is 13.0 Å². The number of hydrogen-bond acceptors (Lipinski definition) is 2. The minimum atomic E-state index is -0.892. The lowest BCUT2D eigenvalue weighted by Gasteiger charge is -2.26. The van der Waals surface area contributed by atoms with Crippen molar-refractivity contribution >= 4 is 5.97 Å². The lowest BCUT2D eigenvalue weighted by molar-refractivity contribution is -0.132. The second kappa shape index (κ2) is 7.46. The summed E-state index contributed by atoms with van der Waals surface area (Å²) in [6, 6.07) is 0.373. The van der Waals surface area contributed by atoms with Crippen molar-refractivity contribution in [2.75, 3.05) is 13.1 Å². The molecule has 0 aromatic heterocycles. The number of rotatable bonds is 8. The zero-order valence-corrected chi connectivity index (χ0v) is 10.1. The average Bonchev–Trinajstić information content (AvgIpc) is 2.15. The van der Waals surface area contributed by atoms with Crippen LogP contribution in [-0.2, 0) is 4.79 Å². The molecule has 0 aromatic carbocycles. The number of unbranched alkanes of at least 4 members (excludes halogenated alkanes) is 2. The van der Waals surface area contributed by atoms with Crippen molar-refractivity contribution in [1.82, 2.24) is 4.90 Å². The topological polar surface area (TPSA) is 40.5 Å². The number of aliphatic carboxylic acids is 1. The molecule has 0 heterocycles. The molecule has 0 saturated heterocycles. The molecule has 0 bridgehead atoms. The fraction of sp³-hybridized carbons (Fsp3) is 0.750. The van der Waals surface area contributed by atoms with E-state index in [0.29, 0.717) is 12.6 Å². The highest BCUT2D eigenvalue weighted by molar-refractivity contribution is 5.86. The second-order valence-electron chi connectivity index (χ2n) is 4.18. The number of carboxylic acid groups (broad SMARTS) is 1. The van der Waals surface area contributed by atoms with Crippen LogP contribution in [0.2, 0.25) is 0 Å². The molecule has 0 aromatic rings. The van der Waals surface area contributed by atoms with Gasteiger partial charge in [0.25, 0.3) is 0 Å². The van der Waals surface area contributed by atoms with Crippen molar-refractivity contribution in [3.8, 4) is 0 Å². The summed E-state index contributed by atoms with van der Waals surface area (Å²) in [6.45, 7) is 11.3. The Balaban J connectivity index is 4.04. The fourth-order valence-electron chi connectivity index (χ4n) is 1.40. The molecule has 1 N–H and O–H groups in total. The highest BCUT2D eigenvalue weighted by Gasteiger charge is 2.13. The quantitative estimate of drug-likeness (QED) is 0.497. The van der Waals surface area contributed by atoms with E-state index in [1.807, 2.05) is 0 Å². The summed E-state index contributed by atoms with van der Waals surface area (Å²) < 4.78 is 0. The fourth-order valence-corrected chi connectivity index (χ4v) is 1.40. The van der Waals surface area contributed by atoms with Crippen molar-refractivity contribution in [1.29, 1.82) is 0 Å². The maximum atomic E-state index is 10.7. The van der Waals surface area contributed by atoms with Crippen LogP contribution < -0.4 is 0 Å². The van der Waals surface area contributed by atoms with Crippen LogP contribution in [-0.4, -0.2) is 35.1 Å². The van der Waals surface area contributed by atoms with Gasteiger partial charge in [-0.05, 0) is 26.8 Å². The highest BCUT2D eigenvalue weighted by atomic mass is 16.4. The molecule has 0 unspecified atom stereocenters. The van der Waals surface area contributed by atoms with E-state index in [-0.39, 0.29) is 5.57 Å². The number of hydrogen-bond donors (Lipinski definition) is 1. The first kappa shape index (κ1) is 14.2. The second-order valence-corrected chi connectivity index (χ2v) is 4.18. The normalized spacial score (nSPS) is 11.0. The van der Waals surface area contributed by atoms with Crippen LogP contribution in [0.3, 0.4) is 0 Å². The van der Waals surface area contributed by atoms with Crippen LogP contribution in [0.1, 0.15) is 40.0 Å². The van der Waals surface area contributed by atoms with Gasteiger partial charge in [-0.25, -0.2) is 4.79 Å². The van der Waals surface area contributed by atoms with Crippen molar-refractivity contribution < 1.29 is 9.90 Å². The molecule has 0 radical (unpaired) electrons. The Bertz CT molecular complexity index is 212. The first-order chi connectivity index (χ1) is 6.99. The molecule has 88 valence electrons. The predicted molar refractivity (Wildman–Crippen MR) is 63.0 cm³/mol. The third-order valence-electron chi connectivity index (χ3n) is 2.48. The maximum Gasteiger partial charge on any atom is 0.332 e. The van der Waals surface area contributed by atoms with Crippen molar-refractivity contribution in [3.05, 3.63) is 12.2 Å². The molecule has 0 aliphatic carbocycles. The van der Waals surface area contributed by atoms with E-state index in [9.17, 15) is 4.79 Å². The van der Waals surface area contributed by atoms with Crippen molar-refractivity contribution in [3.63, 3.8) is 0 Å². The molecule has 0 fully saturated rings. The van der Waals surface area contributed by atoms with Gasteiger partial charge in [-0.3, -0.25) is 4.90 Å². The van der Waals surface area contributed by atoms with E-state index in [1.165, 1.54) is 12.8 Å². The molecule has 15 heavy (non-hydrogen) atoms. The molecule has 3 heteroatoms. The number of nitrogens with zero attached hydrogens (tertiary/aromatic N) is 1. The van der Waals surface area contributed by atoms with Gasteiger partial charge in [0, 0.05) is 18.2 Å². The smallest absolute Gasteiger partial charge is 0.332 e. The summed E-state index contributed by atoms with van der Waals surface area (Å²) in [4.78, 5) is 12.8. The van der Waals surface area contributed by atoms with E-state index in [1.54, 1.807) is 0 Å². The van der Waals surface area contributed by atoms with Gasteiger partial charge < -0.3 is 5.11 Å². The van der Waals surface area contributed by atoms with Gasteiger partial charge in [0.05, 0.1) is 0 Å². The molecule has 0 atom stereocenters. The Morgan fingerprint density at radius 2 is 2.00 bits per heavy atom. The summed E-state index contributed by atoms with van der Waals surface area (Å²) in [5.74, 6) is -0.892. The maximum absolute atomic E-state index is 10.7. The average molecular weight is 213 g/mol. The Morgan fingerprint density at radius 3 is 2.40 bits per heavy atom. The van der Waals surface area contributed by atoms with Gasteiger partial charge >= 0.3 is 5.97 Å². The van der Waals surface area contributed by atoms with Gasteiger partial charge in [0.2, 0.25) is 0 Å². The summed E-state index contributed by atoms with van der Waals surface area (Å²) >= 11 is 0. The molecule has 0 rings (SSSR count). The summed E-state index contributed by atoms with van der Waals surface area (Å²) in [7, 11) is 0. The SMILES string of the molecule is C=C(CN(CCCCC)C(C)C)C(=O)O. The standard InChI is InChI=1S/C12H23NO2/c1-5-6-7-8-13(10(2)3)9-11(4)12(14)15/h10H,4-9H2,1-3H3,(H,14,15). The van der Waals surface area contributed by atoms with Gasteiger partial charge in [0.1, 0.15) is 0 Å². The summed E-state index contributed by atoms with van der Waals surface area (Å²) in [5, 5.41) is 8.76. The van der Waals surface area contributed by atoms with Crippen LogP contribution in [0.25, 0.3) is 0 Å². The lowest BCUT2D eigenvalue weighted by Crippen LogP contribution is -2.34. The zero-order chi connectivity index (χ0) is 11.8. The number of carbonyl (C=O) groups is 1. The Hall–Kier alpha value is -0.830. The van der Waals surface area contributed by atoms with Crippen LogP contribution in [0.4, 0.5) is 0 Å². The third kappa shape index (κ3) is 6.28. The Morgan fingerprint density at radius 1 is 1.40 bits per heavy atom. The molecule has 0 aliphatic rings.